The minimum absolute atomic E-state index is 0.154. The first kappa shape index (κ1) is 37.8. The van der Waals surface area contributed by atoms with Gasteiger partial charge in [0, 0.05) is 0 Å². The predicted octanol–water partition coefficient (Wildman–Crippen LogP) is 8.63. The summed E-state index contributed by atoms with van der Waals surface area (Å²) in [5.41, 5.74) is 4.31. The molecule has 1 aromatic heterocycles. The Balaban J connectivity index is 1.22. The Morgan fingerprint density at radius 3 is 0.983 bits per heavy atom. The second kappa shape index (κ2) is 15.9. The summed E-state index contributed by atoms with van der Waals surface area (Å²) in [6.45, 7) is 0. The van der Waals surface area contributed by atoms with E-state index in [0.717, 1.165) is 22.3 Å². The minimum atomic E-state index is -4.16. The molecule has 11 heteroatoms. The van der Waals surface area contributed by atoms with Gasteiger partial charge in [-0.1, -0.05) is 164 Å². The molecule has 2 unspecified atom stereocenters. The molecular formula is C47H41N5O4S2. The Bertz CT molecular complexity index is 2510. The van der Waals surface area contributed by atoms with Crippen LogP contribution in [0.1, 0.15) is 70.1 Å². The van der Waals surface area contributed by atoms with Crippen LogP contribution in [0.25, 0.3) is 0 Å². The van der Waals surface area contributed by atoms with Crippen LogP contribution in [0.5, 0.6) is 0 Å². The van der Waals surface area contributed by atoms with Crippen LogP contribution in [0.15, 0.2) is 210 Å². The molecule has 9 rings (SSSR count). The molecule has 6 atom stereocenters. The maximum absolute atomic E-state index is 15.0. The molecule has 2 aliphatic rings. The van der Waals surface area contributed by atoms with Crippen molar-refractivity contribution in [3.63, 3.8) is 0 Å². The topological polar surface area (TPSA) is 112 Å². The van der Waals surface area contributed by atoms with Crippen LogP contribution in [-0.4, -0.2) is 30.4 Å². The van der Waals surface area contributed by atoms with Crippen LogP contribution in [0.4, 0.5) is 0 Å². The largest absolute Gasteiger partial charge is 0.287 e. The fourth-order valence-electron chi connectivity index (χ4n) is 8.35. The van der Waals surface area contributed by atoms with E-state index in [1.54, 1.807) is 72.8 Å². The van der Waals surface area contributed by atoms with Gasteiger partial charge in [0.2, 0.25) is 20.0 Å². The van der Waals surface area contributed by atoms with Crippen LogP contribution in [-0.2, 0) is 20.0 Å². The average Bonchev–Trinajstić information content (AvgIpc) is 3.91. The average molecular weight is 804 g/mol. The number of sulfonamides is 2. The van der Waals surface area contributed by atoms with Gasteiger partial charge < -0.3 is 0 Å². The second-order valence-corrected chi connectivity index (χ2v) is 18.1. The Labute approximate surface area is 339 Å². The van der Waals surface area contributed by atoms with Crippen molar-refractivity contribution in [1.82, 2.24) is 24.2 Å². The Morgan fingerprint density at radius 2 is 0.655 bits per heavy atom. The van der Waals surface area contributed by atoms with Gasteiger partial charge in [-0.05, 0) is 58.7 Å². The lowest BCUT2D eigenvalue weighted by molar-refractivity contribution is 0.304. The SMILES string of the molecule is O=S(=O)(c1ccccc1)N1C(c2cccc(C3N[C@H](c4ccccc4)[C@@H](c4ccccc4)N3S(=O)(=O)c3ccccc3)n2)N[C@H](c2ccccc2)[C@H]1c1ccccc1. The normalized spacial score (nSPS) is 22.8. The van der Waals surface area contributed by atoms with Crippen molar-refractivity contribution in [2.24, 2.45) is 0 Å². The lowest BCUT2D eigenvalue weighted by Crippen LogP contribution is -2.37. The van der Waals surface area contributed by atoms with Crippen LogP contribution in [0.3, 0.4) is 0 Å². The summed E-state index contributed by atoms with van der Waals surface area (Å²) in [6, 6.07) is 59.0. The highest BCUT2D eigenvalue weighted by Gasteiger charge is 2.52. The molecule has 0 saturated carbocycles. The Morgan fingerprint density at radius 1 is 0.362 bits per heavy atom. The van der Waals surface area contributed by atoms with Crippen LogP contribution in [0.2, 0.25) is 0 Å². The van der Waals surface area contributed by atoms with Gasteiger partial charge in [0.15, 0.2) is 0 Å². The number of pyridine rings is 1. The first-order chi connectivity index (χ1) is 28.3. The molecule has 58 heavy (non-hydrogen) atoms. The minimum Gasteiger partial charge on any atom is -0.287 e. The van der Waals surface area contributed by atoms with Gasteiger partial charge in [-0.15, -0.1) is 0 Å². The third kappa shape index (κ3) is 6.96. The summed E-state index contributed by atoms with van der Waals surface area (Å²) in [5, 5.41) is 7.37. The molecule has 0 bridgehead atoms. The molecule has 2 fully saturated rings. The number of nitrogens with one attached hydrogen (secondary N) is 2. The van der Waals surface area contributed by atoms with Crippen molar-refractivity contribution in [1.29, 1.82) is 0 Å². The third-order valence-electron chi connectivity index (χ3n) is 11.0. The van der Waals surface area contributed by atoms with E-state index >= 15 is 16.8 Å². The van der Waals surface area contributed by atoms with Gasteiger partial charge in [0.05, 0.1) is 45.3 Å². The van der Waals surface area contributed by atoms with Crippen molar-refractivity contribution >= 4 is 20.0 Å². The van der Waals surface area contributed by atoms with E-state index in [1.807, 2.05) is 127 Å². The number of benzene rings is 6. The van der Waals surface area contributed by atoms with Crippen molar-refractivity contribution < 1.29 is 16.8 Å². The van der Waals surface area contributed by atoms with E-state index in [4.69, 9.17) is 4.98 Å². The fourth-order valence-corrected chi connectivity index (χ4v) is 11.8. The molecule has 7 aromatic rings. The summed E-state index contributed by atoms with van der Waals surface area (Å²) in [7, 11) is -8.31. The smallest absolute Gasteiger partial charge is 0.245 e. The zero-order valence-corrected chi connectivity index (χ0v) is 32.9. The monoisotopic (exact) mass is 803 g/mol. The predicted molar refractivity (Wildman–Crippen MR) is 224 cm³/mol. The maximum atomic E-state index is 15.0. The Kier molecular flexibility index (Phi) is 10.3. The van der Waals surface area contributed by atoms with Gasteiger partial charge in [0.1, 0.15) is 12.3 Å². The quantitative estimate of drug-likeness (QED) is 0.143. The van der Waals surface area contributed by atoms with Gasteiger partial charge >= 0.3 is 0 Å². The molecule has 6 aromatic carbocycles. The van der Waals surface area contributed by atoms with E-state index in [0.29, 0.717) is 11.4 Å². The summed E-state index contributed by atoms with van der Waals surface area (Å²) in [5.74, 6) is 0. The molecule has 290 valence electrons. The number of nitrogens with zero attached hydrogens (tertiary/aromatic N) is 3. The molecule has 0 aliphatic carbocycles. The summed E-state index contributed by atoms with van der Waals surface area (Å²) >= 11 is 0. The van der Waals surface area contributed by atoms with Crippen LogP contribution < -0.4 is 10.6 Å². The van der Waals surface area contributed by atoms with Crippen molar-refractivity contribution in [2.45, 2.75) is 46.3 Å². The van der Waals surface area contributed by atoms with Gasteiger partial charge in [-0.3, -0.25) is 15.6 Å². The maximum Gasteiger partial charge on any atom is 0.245 e. The third-order valence-corrected chi connectivity index (χ3v) is 14.7. The van der Waals surface area contributed by atoms with E-state index in [1.165, 1.54) is 8.61 Å². The number of hydrogen-bond acceptors (Lipinski definition) is 7. The van der Waals surface area contributed by atoms with Crippen molar-refractivity contribution in [3.8, 4) is 0 Å². The molecule has 0 radical (unpaired) electrons. The van der Waals surface area contributed by atoms with Gasteiger partial charge in [-0.2, -0.15) is 8.61 Å². The van der Waals surface area contributed by atoms with E-state index < -0.39 is 56.5 Å². The van der Waals surface area contributed by atoms with E-state index in [2.05, 4.69) is 10.6 Å². The van der Waals surface area contributed by atoms with Gasteiger partial charge in [0.25, 0.3) is 0 Å². The summed E-state index contributed by atoms with van der Waals surface area (Å²) in [4.78, 5) is 5.54. The van der Waals surface area contributed by atoms with Gasteiger partial charge in [-0.25, -0.2) is 16.8 Å². The molecule has 2 aliphatic heterocycles. The molecule has 2 N–H and O–H groups in total. The van der Waals surface area contributed by atoms with Crippen molar-refractivity contribution in [2.75, 3.05) is 0 Å². The molecule has 3 heterocycles. The number of hydrogen-bond donors (Lipinski definition) is 2. The lowest BCUT2D eigenvalue weighted by Gasteiger charge is -2.31. The lowest BCUT2D eigenvalue weighted by atomic mass is 9.95. The van der Waals surface area contributed by atoms with Crippen molar-refractivity contribution in [3.05, 3.63) is 234 Å². The van der Waals surface area contributed by atoms with E-state index in [9.17, 15) is 0 Å². The highest BCUT2D eigenvalue weighted by molar-refractivity contribution is 7.89. The van der Waals surface area contributed by atoms with Crippen LogP contribution >= 0.6 is 0 Å². The molecule has 2 saturated heterocycles. The molecule has 0 amide bonds. The highest BCUT2D eigenvalue weighted by Crippen LogP contribution is 2.51. The molecule has 9 nitrogen and oxygen atoms in total. The summed E-state index contributed by atoms with van der Waals surface area (Å²) < 4.78 is 63.1. The zero-order valence-electron chi connectivity index (χ0n) is 31.3. The van der Waals surface area contributed by atoms with E-state index in [-0.39, 0.29) is 9.79 Å². The van der Waals surface area contributed by atoms with Crippen LogP contribution in [0, 0.1) is 0 Å². The standard InChI is InChI=1S/C47H41N5O4S2/c53-57(54,38-28-15-5-16-29-38)51-44(36-24-11-3-12-25-36)42(34-20-7-1-8-21-34)49-46(51)40-32-19-33-41(48-40)47-50-43(35-22-9-2-10-23-35)45(37-26-13-4-14-27-37)52(47)58(55,56)39-30-17-6-18-31-39/h1-33,42-47,49-50H/t42-,43-,44-,45-,46?,47?/m1/s1. The zero-order chi connectivity index (χ0) is 39.7. The number of aromatic nitrogens is 1. The number of rotatable bonds is 10. The first-order valence-electron chi connectivity index (χ1n) is 19.2. The summed E-state index contributed by atoms with van der Waals surface area (Å²) in [6.07, 6.45) is -1.87. The fraction of sp³-hybridized carbons (Fsp3) is 0.128. The second-order valence-electron chi connectivity index (χ2n) is 14.4. The highest BCUT2D eigenvalue weighted by atomic mass is 32.2. The first-order valence-corrected chi connectivity index (χ1v) is 22.1. The molecule has 0 spiro atoms. The Hall–Kier alpha value is -5.79. The molecular weight excluding hydrogens is 763 g/mol.